The van der Waals surface area contributed by atoms with Crippen LogP contribution in [0.3, 0.4) is 0 Å². The number of fused-ring (bicyclic) bond motifs is 1. The summed E-state index contributed by atoms with van der Waals surface area (Å²) in [6.45, 7) is 6.71. The van der Waals surface area contributed by atoms with Gasteiger partial charge in [-0.2, -0.15) is 0 Å². The third-order valence-corrected chi connectivity index (χ3v) is 3.92. The fraction of sp³-hybridized carbons (Fsp3) is 0.438. The average molecular weight is 271 g/mol. The van der Waals surface area contributed by atoms with Gasteiger partial charge in [-0.05, 0) is 43.9 Å². The Morgan fingerprint density at radius 2 is 2.20 bits per heavy atom. The minimum atomic E-state index is 0.802. The summed E-state index contributed by atoms with van der Waals surface area (Å²) in [4.78, 5) is 0. The second kappa shape index (κ2) is 5.67. The van der Waals surface area contributed by atoms with Crippen LogP contribution < -0.4 is 10.6 Å². The molecule has 2 aromatic rings. The van der Waals surface area contributed by atoms with E-state index in [0.29, 0.717) is 0 Å². The van der Waals surface area contributed by atoms with E-state index in [1.165, 1.54) is 35.2 Å². The number of nitrogens with one attached hydrogen (secondary N) is 2. The van der Waals surface area contributed by atoms with Crippen molar-refractivity contribution in [2.75, 3.05) is 11.9 Å². The van der Waals surface area contributed by atoms with Gasteiger partial charge in [0.2, 0.25) is 0 Å². The molecule has 1 aromatic heterocycles. The minimum absolute atomic E-state index is 0.802. The summed E-state index contributed by atoms with van der Waals surface area (Å²) in [5.74, 6) is 0.907. The third kappa shape index (κ3) is 2.70. The van der Waals surface area contributed by atoms with Crippen molar-refractivity contribution in [1.82, 2.24) is 10.5 Å². The van der Waals surface area contributed by atoms with Gasteiger partial charge >= 0.3 is 0 Å². The topological polar surface area (TPSA) is 50.1 Å². The Labute approximate surface area is 119 Å². The predicted octanol–water partition coefficient (Wildman–Crippen LogP) is 2.94. The Morgan fingerprint density at radius 1 is 1.30 bits per heavy atom. The molecule has 2 heterocycles. The monoisotopic (exact) mass is 271 g/mol. The average Bonchev–Trinajstić information content (AvgIpc) is 2.79. The number of hydrogen-bond acceptors (Lipinski definition) is 4. The van der Waals surface area contributed by atoms with Crippen LogP contribution in [-0.2, 0) is 19.5 Å². The summed E-state index contributed by atoms with van der Waals surface area (Å²) in [5, 5.41) is 10.9. The zero-order valence-electron chi connectivity index (χ0n) is 12.1. The van der Waals surface area contributed by atoms with Crippen LogP contribution >= 0.6 is 0 Å². The van der Waals surface area contributed by atoms with Gasteiger partial charge in [0.15, 0.2) is 0 Å². The van der Waals surface area contributed by atoms with Crippen molar-refractivity contribution in [2.24, 2.45) is 0 Å². The van der Waals surface area contributed by atoms with Crippen LogP contribution in [0.25, 0.3) is 0 Å². The lowest BCUT2D eigenvalue weighted by Crippen LogP contribution is -2.15. The summed E-state index contributed by atoms with van der Waals surface area (Å²) < 4.78 is 5.17. The number of aryl methyl sites for hydroxylation is 3. The molecule has 0 bridgehead atoms. The molecule has 0 saturated heterocycles. The summed E-state index contributed by atoms with van der Waals surface area (Å²) in [6.07, 6.45) is 2.41. The normalized spacial score (nSPS) is 13.9. The summed E-state index contributed by atoms with van der Waals surface area (Å²) in [6, 6.07) is 6.70. The molecule has 3 rings (SSSR count). The Bertz CT molecular complexity index is 584. The molecule has 0 atom stereocenters. The maximum absolute atomic E-state index is 5.17. The number of rotatable bonds is 4. The lowest BCUT2D eigenvalue weighted by molar-refractivity contribution is 0.392. The quantitative estimate of drug-likeness (QED) is 0.897. The maximum atomic E-state index is 5.17. The first-order valence-corrected chi connectivity index (χ1v) is 7.22. The van der Waals surface area contributed by atoms with E-state index in [2.05, 4.69) is 34.0 Å². The van der Waals surface area contributed by atoms with Crippen LogP contribution in [-0.4, -0.2) is 11.7 Å². The standard InChI is InChI=1S/C16H21N3O/c1-11-15(12(2)20-19-11)10-17-9-13-5-6-16-14(8-13)4-3-7-18-16/h5-6,8,17-18H,3-4,7,9-10H2,1-2H3. The SMILES string of the molecule is Cc1noc(C)c1CNCc1ccc2c(c1)CCCN2. The third-order valence-electron chi connectivity index (χ3n) is 3.92. The van der Waals surface area contributed by atoms with Crippen LogP contribution in [0.15, 0.2) is 22.7 Å². The first kappa shape index (κ1) is 13.2. The van der Waals surface area contributed by atoms with Gasteiger partial charge in [-0.25, -0.2) is 0 Å². The molecule has 1 aliphatic rings. The molecule has 0 spiro atoms. The Balaban J connectivity index is 1.61. The van der Waals surface area contributed by atoms with Crippen molar-refractivity contribution in [3.05, 3.63) is 46.3 Å². The number of anilines is 1. The molecule has 106 valence electrons. The fourth-order valence-corrected chi connectivity index (χ4v) is 2.72. The Kier molecular flexibility index (Phi) is 3.74. The Morgan fingerprint density at radius 3 is 3.00 bits per heavy atom. The molecular weight excluding hydrogens is 250 g/mol. The van der Waals surface area contributed by atoms with E-state index in [-0.39, 0.29) is 0 Å². The summed E-state index contributed by atoms with van der Waals surface area (Å²) in [5.41, 5.74) is 6.21. The zero-order chi connectivity index (χ0) is 13.9. The highest BCUT2D eigenvalue weighted by Crippen LogP contribution is 2.23. The summed E-state index contributed by atoms with van der Waals surface area (Å²) >= 11 is 0. The second-order valence-electron chi connectivity index (χ2n) is 5.43. The van der Waals surface area contributed by atoms with E-state index in [0.717, 1.165) is 31.1 Å². The van der Waals surface area contributed by atoms with Crippen molar-refractivity contribution in [3.63, 3.8) is 0 Å². The van der Waals surface area contributed by atoms with Gasteiger partial charge in [-0.3, -0.25) is 0 Å². The zero-order valence-corrected chi connectivity index (χ0v) is 12.1. The van der Waals surface area contributed by atoms with Crippen LogP contribution in [0.5, 0.6) is 0 Å². The maximum Gasteiger partial charge on any atom is 0.138 e. The second-order valence-corrected chi connectivity index (χ2v) is 5.43. The molecule has 0 aliphatic carbocycles. The van der Waals surface area contributed by atoms with E-state index < -0.39 is 0 Å². The van der Waals surface area contributed by atoms with Crippen molar-refractivity contribution in [2.45, 2.75) is 39.8 Å². The molecule has 0 fully saturated rings. The minimum Gasteiger partial charge on any atom is -0.385 e. The number of hydrogen-bond donors (Lipinski definition) is 2. The van der Waals surface area contributed by atoms with E-state index in [1.807, 2.05) is 13.8 Å². The fourth-order valence-electron chi connectivity index (χ4n) is 2.72. The highest BCUT2D eigenvalue weighted by molar-refractivity contribution is 5.54. The largest absolute Gasteiger partial charge is 0.385 e. The number of aromatic nitrogens is 1. The number of nitrogens with zero attached hydrogens (tertiary/aromatic N) is 1. The van der Waals surface area contributed by atoms with Gasteiger partial charge < -0.3 is 15.2 Å². The van der Waals surface area contributed by atoms with Crippen molar-refractivity contribution in [3.8, 4) is 0 Å². The molecule has 1 aliphatic heterocycles. The first-order valence-electron chi connectivity index (χ1n) is 7.22. The predicted molar refractivity (Wildman–Crippen MR) is 79.8 cm³/mol. The smallest absolute Gasteiger partial charge is 0.138 e. The van der Waals surface area contributed by atoms with Gasteiger partial charge in [0, 0.05) is 30.9 Å². The summed E-state index contributed by atoms with van der Waals surface area (Å²) in [7, 11) is 0. The van der Waals surface area contributed by atoms with E-state index in [9.17, 15) is 0 Å². The van der Waals surface area contributed by atoms with Crippen LogP contribution in [0.4, 0.5) is 5.69 Å². The molecule has 0 radical (unpaired) electrons. The van der Waals surface area contributed by atoms with Crippen LogP contribution in [0.2, 0.25) is 0 Å². The van der Waals surface area contributed by atoms with Gasteiger partial charge in [-0.15, -0.1) is 0 Å². The lowest BCUT2D eigenvalue weighted by Gasteiger charge is -2.18. The van der Waals surface area contributed by atoms with Crippen molar-refractivity contribution >= 4 is 5.69 Å². The van der Waals surface area contributed by atoms with Gasteiger partial charge in [0.1, 0.15) is 5.76 Å². The van der Waals surface area contributed by atoms with Crippen LogP contribution in [0, 0.1) is 13.8 Å². The molecule has 0 amide bonds. The van der Waals surface area contributed by atoms with Crippen molar-refractivity contribution < 1.29 is 4.52 Å². The highest BCUT2D eigenvalue weighted by Gasteiger charge is 2.10. The molecule has 1 aromatic carbocycles. The van der Waals surface area contributed by atoms with Gasteiger partial charge in [0.25, 0.3) is 0 Å². The molecule has 2 N–H and O–H groups in total. The Hall–Kier alpha value is -1.81. The molecule has 20 heavy (non-hydrogen) atoms. The molecule has 4 nitrogen and oxygen atoms in total. The molecule has 4 heteroatoms. The van der Waals surface area contributed by atoms with E-state index >= 15 is 0 Å². The van der Waals surface area contributed by atoms with E-state index in [4.69, 9.17) is 4.52 Å². The number of benzene rings is 1. The molecular formula is C16H21N3O. The van der Waals surface area contributed by atoms with Gasteiger partial charge in [-0.1, -0.05) is 17.3 Å². The van der Waals surface area contributed by atoms with E-state index in [1.54, 1.807) is 0 Å². The first-order chi connectivity index (χ1) is 9.74. The molecule has 0 saturated carbocycles. The lowest BCUT2D eigenvalue weighted by atomic mass is 10.0. The highest BCUT2D eigenvalue weighted by atomic mass is 16.5. The van der Waals surface area contributed by atoms with Crippen LogP contribution in [0.1, 0.15) is 34.6 Å². The molecule has 0 unspecified atom stereocenters. The van der Waals surface area contributed by atoms with Gasteiger partial charge in [0.05, 0.1) is 5.69 Å². The van der Waals surface area contributed by atoms with Crippen molar-refractivity contribution in [1.29, 1.82) is 0 Å².